The number of hydrogen-bond acceptors (Lipinski definition) is 2. The highest BCUT2D eigenvalue weighted by Gasteiger charge is 2.05. The summed E-state index contributed by atoms with van der Waals surface area (Å²) in [6, 6.07) is 2.24. The Bertz CT molecular complexity index is 226. The van der Waals surface area contributed by atoms with Crippen LogP contribution in [0.5, 0.6) is 0 Å². The molecule has 0 aliphatic carbocycles. The Morgan fingerprint density at radius 1 is 1.46 bits per heavy atom. The number of nitrogens with zero attached hydrogens (tertiary/aromatic N) is 2. The van der Waals surface area contributed by atoms with E-state index in [0.717, 1.165) is 13.0 Å². The van der Waals surface area contributed by atoms with Gasteiger partial charge in [0, 0.05) is 17.9 Å². The summed E-state index contributed by atoms with van der Waals surface area (Å²) in [6.45, 7) is 7.24. The molecule has 0 radical (unpaired) electrons. The molecule has 0 amide bonds. The predicted octanol–water partition coefficient (Wildman–Crippen LogP) is 1.43. The van der Waals surface area contributed by atoms with Gasteiger partial charge in [0.05, 0.1) is 6.54 Å². The molecule has 1 aromatic heterocycles. The van der Waals surface area contributed by atoms with E-state index in [1.54, 1.807) is 0 Å². The Labute approximate surface area is 79.9 Å². The average Bonchev–Trinajstić information content (AvgIpc) is 2.34. The topological polar surface area (TPSA) is 43.8 Å². The Morgan fingerprint density at radius 3 is 2.69 bits per heavy atom. The normalized spacial score (nSPS) is 13.6. The molecule has 3 nitrogen and oxygen atoms in total. The zero-order chi connectivity index (χ0) is 9.84. The predicted molar refractivity (Wildman–Crippen MR) is 54.4 cm³/mol. The molecule has 13 heavy (non-hydrogen) atoms. The van der Waals surface area contributed by atoms with Crippen molar-refractivity contribution in [3.8, 4) is 0 Å². The van der Waals surface area contributed by atoms with Crippen LogP contribution in [0, 0.1) is 5.92 Å². The van der Waals surface area contributed by atoms with Crippen molar-refractivity contribution in [2.45, 2.75) is 39.8 Å². The van der Waals surface area contributed by atoms with E-state index in [9.17, 15) is 0 Å². The molecular formula is C10H19N3. The van der Waals surface area contributed by atoms with Crippen LogP contribution in [0.25, 0.3) is 0 Å². The minimum Gasteiger partial charge on any atom is -0.326 e. The van der Waals surface area contributed by atoms with Gasteiger partial charge in [-0.3, -0.25) is 4.68 Å². The van der Waals surface area contributed by atoms with Crippen LogP contribution in [0.15, 0.2) is 12.3 Å². The van der Waals surface area contributed by atoms with E-state index < -0.39 is 0 Å². The number of rotatable bonds is 4. The molecule has 3 heteroatoms. The third kappa shape index (κ3) is 3.19. The second kappa shape index (κ2) is 4.42. The van der Waals surface area contributed by atoms with Crippen molar-refractivity contribution >= 4 is 0 Å². The van der Waals surface area contributed by atoms with Crippen LogP contribution in [-0.4, -0.2) is 15.8 Å². The standard InChI is InChI=1S/C10H19N3/c1-8(2)6-10-4-5-12-13(10)7-9(3)11/h4-5,8-9H,6-7,11H2,1-3H3. The molecule has 74 valence electrons. The number of nitrogens with two attached hydrogens (primary N) is 1. The molecule has 1 atom stereocenters. The minimum absolute atomic E-state index is 0.172. The molecule has 2 N–H and O–H groups in total. The smallest absolute Gasteiger partial charge is 0.0561 e. The van der Waals surface area contributed by atoms with Gasteiger partial charge in [-0.25, -0.2) is 0 Å². The van der Waals surface area contributed by atoms with Crippen molar-refractivity contribution < 1.29 is 0 Å². The summed E-state index contributed by atoms with van der Waals surface area (Å²) in [5.41, 5.74) is 7.01. The lowest BCUT2D eigenvalue weighted by molar-refractivity contribution is 0.499. The SMILES string of the molecule is CC(C)Cc1ccnn1CC(C)N. The van der Waals surface area contributed by atoms with Crippen molar-refractivity contribution in [1.82, 2.24) is 9.78 Å². The molecule has 0 bridgehead atoms. The fourth-order valence-electron chi connectivity index (χ4n) is 1.39. The highest BCUT2D eigenvalue weighted by molar-refractivity contribution is 5.01. The summed E-state index contributed by atoms with van der Waals surface area (Å²) < 4.78 is 2.00. The molecule has 1 rings (SSSR count). The van der Waals surface area contributed by atoms with Gasteiger partial charge in [-0.15, -0.1) is 0 Å². The maximum absolute atomic E-state index is 5.72. The fraction of sp³-hybridized carbons (Fsp3) is 0.700. The number of aromatic nitrogens is 2. The fourth-order valence-corrected chi connectivity index (χ4v) is 1.39. The highest BCUT2D eigenvalue weighted by atomic mass is 15.3. The molecule has 1 aromatic rings. The first-order chi connectivity index (χ1) is 6.09. The van der Waals surface area contributed by atoms with E-state index in [2.05, 4.69) is 25.0 Å². The largest absolute Gasteiger partial charge is 0.326 e. The van der Waals surface area contributed by atoms with Gasteiger partial charge >= 0.3 is 0 Å². The quantitative estimate of drug-likeness (QED) is 0.763. The van der Waals surface area contributed by atoms with Crippen LogP contribution in [0.2, 0.25) is 0 Å². The van der Waals surface area contributed by atoms with Crippen LogP contribution >= 0.6 is 0 Å². The van der Waals surface area contributed by atoms with Crippen molar-refractivity contribution in [3.63, 3.8) is 0 Å². The zero-order valence-electron chi connectivity index (χ0n) is 8.70. The van der Waals surface area contributed by atoms with E-state index in [4.69, 9.17) is 5.73 Å². The Morgan fingerprint density at radius 2 is 2.15 bits per heavy atom. The van der Waals surface area contributed by atoms with Gasteiger partial charge in [-0.2, -0.15) is 5.10 Å². The molecule has 1 heterocycles. The molecular weight excluding hydrogens is 162 g/mol. The molecule has 0 aromatic carbocycles. The van der Waals surface area contributed by atoms with Gasteiger partial charge in [0.1, 0.15) is 0 Å². The van der Waals surface area contributed by atoms with Gasteiger partial charge in [0.2, 0.25) is 0 Å². The van der Waals surface area contributed by atoms with Crippen molar-refractivity contribution in [2.24, 2.45) is 11.7 Å². The molecule has 0 saturated carbocycles. The summed E-state index contributed by atoms with van der Waals surface area (Å²) in [5.74, 6) is 0.670. The van der Waals surface area contributed by atoms with Crippen LogP contribution in [-0.2, 0) is 13.0 Å². The van der Waals surface area contributed by atoms with Gasteiger partial charge in [0.25, 0.3) is 0 Å². The summed E-state index contributed by atoms with van der Waals surface area (Å²) in [7, 11) is 0. The van der Waals surface area contributed by atoms with Gasteiger partial charge < -0.3 is 5.73 Å². The monoisotopic (exact) mass is 181 g/mol. The second-order valence-electron chi connectivity index (χ2n) is 4.08. The summed E-state index contributed by atoms with van der Waals surface area (Å²) in [6.07, 6.45) is 2.92. The lowest BCUT2D eigenvalue weighted by Gasteiger charge is -2.11. The van der Waals surface area contributed by atoms with E-state index in [-0.39, 0.29) is 6.04 Å². The van der Waals surface area contributed by atoms with Crippen LogP contribution in [0.1, 0.15) is 26.5 Å². The molecule has 0 aliphatic heterocycles. The third-order valence-electron chi connectivity index (χ3n) is 1.88. The number of hydrogen-bond donors (Lipinski definition) is 1. The first kappa shape index (κ1) is 10.3. The van der Waals surface area contributed by atoms with Crippen molar-refractivity contribution in [1.29, 1.82) is 0 Å². The van der Waals surface area contributed by atoms with E-state index in [1.165, 1.54) is 5.69 Å². The molecule has 1 unspecified atom stereocenters. The Balaban J connectivity index is 2.65. The molecule has 0 fully saturated rings. The zero-order valence-corrected chi connectivity index (χ0v) is 8.70. The summed E-state index contributed by atoms with van der Waals surface area (Å²) in [5, 5.41) is 4.25. The molecule has 0 saturated heterocycles. The molecule has 0 aliphatic rings. The van der Waals surface area contributed by atoms with Gasteiger partial charge in [-0.05, 0) is 25.3 Å². The van der Waals surface area contributed by atoms with E-state index in [1.807, 2.05) is 17.8 Å². The van der Waals surface area contributed by atoms with Crippen molar-refractivity contribution in [3.05, 3.63) is 18.0 Å². The minimum atomic E-state index is 0.172. The molecule has 0 spiro atoms. The van der Waals surface area contributed by atoms with Gasteiger partial charge in [0.15, 0.2) is 0 Å². The van der Waals surface area contributed by atoms with Crippen LogP contribution in [0.4, 0.5) is 0 Å². The maximum atomic E-state index is 5.72. The summed E-state index contributed by atoms with van der Waals surface area (Å²) in [4.78, 5) is 0. The maximum Gasteiger partial charge on any atom is 0.0561 e. The van der Waals surface area contributed by atoms with Crippen LogP contribution in [0.3, 0.4) is 0 Å². The Hall–Kier alpha value is -0.830. The first-order valence-electron chi connectivity index (χ1n) is 4.86. The van der Waals surface area contributed by atoms with Gasteiger partial charge in [-0.1, -0.05) is 13.8 Å². The van der Waals surface area contributed by atoms with Crippen LogP contribution < -0.4 is 5.73 Å². The van der Waals surface area contributed by atoms with E-state index in [0.29, 0.717) is 5.92 Å². The lowest BCUT2D eigenvalue weighted by Crippen LogP contribution is -2.24. The lowest BCUT2D eigenvalue weighted by atomic mass is 10.1. The average molecular weight is 181 g/mol. The second-order valence-corrected chi connectivity index (χ2v) is 4.08. The Kier molecular flexibility index (Phi) is 3.48. The third-order valence-corrected chi connectivity index (χ3v) is 1.88. The van der Waals surface area contributed by atoms with Crippen molar-refractivity contribution in [2.75, 3.05) is 0 Å². The highest BCUT2D eigenvalue weighted by Crippen LogP contribution is 2.07. The first-order valence-corrected chi connectivity index (χ1v) is 4.86. The summed E-state index contributed by atoms with van der Waals surface area (Å²) >= 11 is 0. The van der Waals surface area contributed by atoms with E-state index >= 15 is 0 Å².